The number of unbranched alkanes of at least 4 members (excludes halogenated alkanes) is 27. The van der Waals surface area contributed by atoms with Crippen molar-refractivity contribution < 1.29 is 4.74 Å². The van der Waals surface area contributed by atoms with Crippen LogP contribution in [0, 0.1) is 0 Å². The molecule has 0 aromatic heterocycles. The van der Waals surface area contributed by atoms with Gasteiger partial charge in [0.1, 0.15) is 0 Å². The first-order valence-electron chi connectivity index (χ1n) is 16.5. The molecule has 0 saturated carbocycles. The number of hydrogen-bond acceptors (Lipinski definition) is 1. The molecule has 206 valence electrons. The third kappa shape index (κ3) is 32.0. The number of hydrogen-bond donors (Lipinski definition) is 0. The summed E-state index contributed by atoms with van der Waals surface area (Å²) in [6.07, 6.45) is 41.8. The van der Waals surface area contributed by atoms with Gasteiger partial charge >= 0.3 is 0 Å². The molecular weight excluding hydrogens is 412 g/mol. The van der Waals surface area contributed by atoms with E-state index in [0.717, 1.165) is 13.2 Å². The Morgan fingerprint density at radius 3 is 0.676 bits per heavy atom. The topological polar surface area (TPSA) is 9.23 Å². The number of ether oxygens (including phenoxy) is 1. The standard InChI is InChI=1S/C33H68O/c1-3-5-7-8-9-10-11-12-13-14-15-16-17-18-19-20-21-22-23-24-25-26-27-28-29-31-33-34-32-30-6-4-2/h3-33H2,1-2H3. The van der Waals surface area contributed by atoms with Crippen LogP contribution in [0.4, 0.5) is 0 Å². The van der Waals surface area contributed by atoms with Crippen LogP contribution < -0.4 is 0 Å². The molecule has 0 aliphatic carbocycles. The average Bonchev–Trinajstić information content (AvgIpc) is 2.85. The molecule has 0 heterocycles. The maximum atomic E-state index is 5.69. The molecule has 1 heteroatoms. The molecule has 0 bridgehead atoms. The minimum Gasteiger partial charge on any atom is -0.381 e. The van der Waals surface area contributed by atoms with E-state index in [-0.39, 0.29) is 0 Å². The van der Waals surface area contributed by atoms with E-state index in [1.807, 2.05) is 0 Å². The van der Waals surface area contributed by atoms with Gasteiger partial charge in [-0.3, -0.25) is 0 Å². The van der Waals surface area contributed by atoms with Crippen molar-refractivity contribution in [3.05, 3.63) is 0 Å². The Labute approximate surface area is 218 Å². The van der Waals surface area contributed by atoms with Gasteiger partial charge in [-0.2, -0.15) is 0 Å². The zero-order valence-corrected chi connectivity index (χ0v) is 24.3. The lowest BCUT2D eigenvalue weighted by Gasteiger charge is -2.05. The minimum absolute atomic E-state index is 0.979. The molecule has 0 N–H and O–H groups in total. The van der Waals surface area contributed by atoms with Gasteiger partial charge in [0.2, 0.25) is 0 Å². The van der Waals surface area contributed by atoms with Gasteiger partial charge in [-0.25, -0.2) is 0 Å². The van der Waals surface area contributed by atoms with E-state index < -0.39 is 0 Å². The first kappa shape index (κ1) is 34.0. The van der Waals surface area contributed by atoms with Crippen molar-refractivity contribution in [3.63, 3.8) is 0 Å². The van der Waals surface area contributed by atoms with Crippen LogP contribution in [-0.4, -0.2) is 13.2 Å². The summed E-state index contributed by atoms with van der Waals surface area (Å²) >= 11 is 0. The Hall–Kier alpha value is -0.0400. The van der Waals surface area contributed by atoms with Gasteiger partial charge in [0.05, 0.1) is 0 Å². The average molecular weight is 481 g/mol. The molecule has 1 nitrogen and oxygen atoms in total. The van der Waals surface area contributed by atoms with Crippen molar-refractivity contribution in [2.24, 2.45) is 0 Å². The predicted molar refractivity (Wildman–Crippen MR) is 156 cm³/mol. The summed E-state index contributed by atoms with van der Waals surface area (Å²) in [6, 6.07) is 0. The van der Waals surface area contributed by atoms with Gasteiger partial charge in [0.15, 0.2) is 0 Å². The molecule has 0 aliphatic rings. The third-order valence-electron chi connectivity index (χ3n) is 7.53. The second-order valence-electron chi connectivity index (χ2n) is 11.2. The van der Waals surface area contributed by atoms with Gasteiger partial charge in [-0.05, 0) is 12.8 Å². The van der Waals surface area contributed by atoms with Crippen molar-refractivity contribution in [2.45, 2.75) is 200 Å². The summed E-state index contributed by atoms with van der Waals surface area (Å²) in [5.41, 5.74) is 0. The van der Waals surface area contributed by atoms with Crippen LogP contribution in [0.3, 0.4) is 0 Å². The van der Waals surface area contributed by atoms with Crippen LogP contribution in [0.25, 0.3) is 0 Å². The molecule has 0 aromatic carbocycles. The van der Waals surface area contributed by atoms with Crippen molar-refractivity contribution in [3.8, 4) is 0 Å². The van der Waals surface area contributed by atoms with Crippen molar-refractivity contribution in [1.29, 1.82) is 0 Å². The molecule has 0 amide bonds. The molecule has 0 aliphatic heterocycles. The van der Waals surface area contributed by atoms with E-state index in [2.05, 4.69) is 13.8 Å². The molecular formula is C33H68O. The van der Waals surface area contributed by atoms with Gasteiger partial charge in [-0.15, -0.1) is 0 Å². The lowest BCUT2D eigenvalue weighted by atomic mass is 10.0. The zero-order chi connectivity index (χ0) is 24.6. The van der Waals surface area contributed by atoms with Gasteiger partial charge in [-0.1, -0.05) is 187 Å². The molecule has 0 rings (SSSR count). The highest BCUT2D eigenvalue weighted by Crippen LogP contribution is 2.16. The molecule has 0 saturated heterocycles. The van der Waals surface area contributed by atoms with Gasteiger partial charge in [0, 0.05) is 13.2 Å². The Kier molecular flexibility index (Phi) is 32.9. The first-order chi connectivity index (χ1) is 16.9. The molecule has 0 unspecified atom stereocenters. The van der Waals surface area contributed by atoms with Crippen LogP contribution >= 0.6 is 0 Å². The monoisotopic (exact) mass is 481 g/mol. The molecule has 0 aromatic rings. The van der Waals surface area contributed by atoms with E-state index in [9.17, 15) is 0 Å². The van der Waals surface area contributed by atoms with Crippen LogP contribution in [0.15, 0.2) is 0 Å². The van der Waals surface area contributed by atoms with E-state index in [1.165, 1.54) is 186 Å². The second kappa shape index (κ2) is 33.0. The highest BCUT2D eigenvalue weighted by Gasteiger charge is 1.96. The van der Waals surface area contributed by atoms with Crippen molar-refractivity contribution in [1.82, 2.24) is 0 Å². The lowest BCUT2D eigenvalue weighted by molar-refractivity contribution is 0.126. The summed E-state index contributed by atoms with van der Waals surface area (Å²) in [5.74, 6) is 0. The third-order valence-corrected chi connectivity index (χ3v) is 7.53. The van der Waals surface area contributed by atoms with Gasteiger partial charge < -0.3 is 4.74 Å². The zero-order valence-electron chi connectivity index (χ0n) is 24.3. The summed E-state index contributed by atoms with van der Waals surface area (Å²) in [5, 5.41) is 0. The highest BCUT2D eigenvalue weighted by atomic mass is 16.5. The van der Waals surface area contributed by atoms with E-state index in [1.54, 1.807) is 0 Å². The summed E-state index contributed by atoms with van der Waals surface area (Å²) in [7, 11) is 0. The Balaban J connectivity index is 2.99. The largest absolute Gasteiger partial charge is 0.381 e. The molecule has 0 fully saturated rings. The Bertz CT molecular complexity index is 295. The van der Waals surface area contributed by atoms with Crippen LogP contribution in [0.5, 0.6) is 0 Å². The Morgan fingerprint density at radius 1 is 0.235 bits per heavy atom. The smallest absolute Gasteiger partial charge is 0.0466 e. The molecule has 34 heavy (non-hydrogen) atoms. The van der Waals surface area contributed by atoms with Crippen molar-refractivity contribution >= 4 is 0 Å². The summed E-state index contributed by atoms with van der Waals surface area (Å²) < 4.78 is 5.69. The van der Waals surface area contributed by atoms with E-state index in [0.29, 0.717) is 0 Å². The maximum absolute atomic E-state index is 5.69. The van der Waals surface area contributed by atoms with Crippen LogP contribution in [0.1, 0.15) is 200 Å². The predicted octanol–water partition coefficient (Wildman–Crippen LogP) is 12.4. The lowest BCUT2D eigenvalue weighted by Crippen LogP contribution is -1.96. The summed E-state index contributed by atoms with van der Waals surface area (Å²) in [4.78, 5) is 0. The quantitative estimate of drug-likeness (QED) is 0.0896. The maximum Gasteiger partial charge on any atom is 0.0466 e. The Morgan fingerprint density at radius 2 is 0.412 bits per heavy atom. The molecule has 0 spiro atoms. The SMILES string of the molecule is CCCCCCCCCCCCCCCCCCCCCCCCCCCCOCCCCC. The van der Waals surface area contributed by atoms with Gasteiger partial charge in [0.25, 0.3) is 0 Å². The van der Waals surface area contributed by atoms with E-state index >= 15 is 0 Å². The minimum atomic E-state index is 0.979. The second-order valence-corrected chi connectivity index (χ2v) is 11.2. The first-order valence-corrected chi connectivity index (χ1v) is 16.5. The fourth-order valence-corrected chi connectivity index (χ4v) is 5.08. The number of rotatable bonds is 31. The highest BCUT2D eigenvalue weighted by molar-refractivity contribution is 4.52. The van der Waals surface area contributed by atoms with Crippen LogP contribution in [-0.2, 0) is 4.74 Å². The molecule has 0 atom stereocenters. The normalized spacial score (nSPS) is 11.5. The fourth-order valence-electron chi connectivity index (χ4n) is 5.08. The fraction of sp³-hybridized carbons (Fsp3) is 1.00. The van der Waals surface area contributed by atoms with Crippen LogP contribution in [0.2, 0.25) is 0 Å². The van der Waals surface area contributed by atoms with E-state index in [4.69, 9.17) is 4.74 Å². The summed E-state index contributed by atoms with van der Waals surface area (Å²) in [6.45, 7) is 6.53. The molecule has 0 radical (unpaired) electrons. The van der Waals surface area contributed by atoms with Crippen molar-refractivity contribution in [2.75, 3.05) is 13.2 Å².